The normalized spacial score (nSPS) is 21.8. The second kappa shape index (κ2) is 8.29. The fraction of sp³-hybridized carbons (Fsp3) is 0.579. The smallest absolute Gasteiger partial charge is 0.246 e. The molecular weight excluding hydrogens is 304 g/mol. The van der Waals surface area contributed by atoms with Gasteiger partial charge in [0.25, 0.3) is 0 Å². The first-order valence-corrected chi connectivity index (χ1v) is 8.57. The topological polar surface area (TPSA) is 58.6 Å². The SMILES string of the molecule is COCC(=O)N[C@H](C(=O)N1CC(c2ccccc2)CC1C)C(C)C. The first-order chi connectivity index (χ1) is 11.4. The Morgan fingerprint density at radius 1 is 1.29 bits per heavy atom. The van der Waals surface area contributed by atoms with E-state index in [1.807, 2.05) is 36.9 Å². The zero-order valence-corrected chi connectivity index (χ0v) is 15.0. The van der Waals surface area contributed by atoms with E-state index in [0.717, 1.165) is 6.42 Å². The van der Waals surface area contributed by atoms with Gasteiger partial charge in [-0.2, -0.15) is 0 Å². The molecule has 0 aromatic heterocycles. The van der Waals surface area contributed by atoms with Crippen molar-refractivity contribution in [3.63, 3.8) is 0 Å². The van der Waals surface area contributed by atoms with E-state index in [4.69, 9.17) is 4.74 Å². The van der Waals surface area contributed by atoms with Crippen LogP contribution in [0.5, 0.6) is 0 Å². The van der Waals surface area contributed by atoms with Gasteiger partial charge in [-0.25, -0.2) is 0 Å². The highest BCUT2D eigenvalue weighted by Crippen LogP contribution is 2.32. The van der Waals surface area contributed by atoms with Crippen LogP contribution in [0.15, 0.2) is 30.3 Å². The van der Waals surface area contributed by atoms with Gasteiger partial charge < -0.3 is 15.0 Å². The molecule has 0 spiro atoms. The maximum absolute atomic E-state index is 13.0. The van der Waals surface area contributed by atoms with Crippen molar-refractivity contribution in [1.29, 1.82) is 0 Å². The van der Waals surface area contributed by atoms with E-state index in [9.17, 15) is 9.59 Å². The van der Waals surface area contributed by atoms with E-state index in [2.05, 4.69) is 24.4 Å². The van der Waals surface area contributed by atoms with Crippen molar-refractivity contribution in [2.75, 3.05) is 20.3 Å². The van der Waals surface area contributed by atoms with Crippen molar-refractivity contribution in [1.82, 2.24) is 10.2 Å². The highest BCUT2D eigenvalue weighted by Gasteiger charge is 2.37. The number of carbonyl (C=O) groups excluding carboxylic acids is 2. The number of nitrogens with zero attached hydrogens (tertiary/aromatic N) is 1. The van der Waals surface area contributed by atoms with Crippen LogP contribution in [0.25, 0.3) is 0 Å². The molecule has 5 nitrogen and oxygen atoms in total. The summed E-state index contributed by atoms with van der Waals surface area (Å²) in [6.07, 6.45) is 0.951. The minimum atomic E-state index is -0.510. The lowest BCUT2D eigenvalue weighted by molar-refractivity contribution is -0.139. The Kier molecular flexibility index (Phi) is 6.37. The minimum absolute atomic E-state index is 0.000356. The minimum Gasteiger partial charge on any atom is -0.375 e. The molecule has 1 aliphatic rings. The molecule has 1 aliphatic heterocycles. The maximum atomic E-state index is 13.0. The Morgan fingerprint density at radius 3 is 2.54 bits per heavy atom. The van der Waals surface area contributed by atoms with E-state index in [0.29, 0.717) is 12.5 Å². The molecule has 1 N–H and O–H groups in total. The highest BCUT2D eigenvalue weighted by molar-refractivity contribution is 5.88. The van der Waals surface area contributed by atoms with E-state index in [1.54, 1.807) is 0 Å². The van der Waals surface area contributed by atoms with Crippen LogP contribution >= 0.6 is 0 Å². The van der Waals surface area contributed by atoms with E-state index in [1.165, 1.54) is 12.7 Å². The van der Waals surface area contributed by atoms with Crippen LogP contribution in [-0.2, 0) is 14.3 Å². The van der Waals surface area contributed by atoms with Gasteiger partial charge in [-0.15, -0.1) is 0 Å². The second-order valence-electron chi connectivity index (χ2n) is 6.91. The lowest BCUT2D eigenvalue weighted by atomic mass is 9.97. The third kappa shape index (κ3) is 4.35. The molecule has 0 aliphatic carbocycles. The summed E-state index contributed by atoms with van der Waals surface area (Å²) in [4.78, 5) is 26.7. The summed E-state index contributed by atoms with van der Waals surface area (Å²) in [7, 11) is 1.47. The van der Waals surface area contributed by atoms with Crippen LogP contribution in [0.3, 0.4) is 0 Å². The molecule has 2 unspecified atom stereocenters. The average molecular weight is 332 g/mol. The molecule has 0 radical (unpaired) electrons. The van der Waals surface area contributed by atoms with Gasteiger partial charge in [0, 0.05) is 25.6 Å². The Morgan fingerprint density at radius 2 is 1.96 bits per heavy atom. The van der Waals surface area contributed by atoms with Gasteiger partial charge in [0.15, 0.2) is 0 Å². The van der Waals surface area contributed by atoms with Gasteiger partial charge in [0.1, 0.15) is 12.6 Å². The van der Waals surface area contributed by atoms with Crippen molar-refractivity contribution in [2.45, 2.75) is 45.2 Å². The number of hydrogen-bond acceptors (Lipinski definition) is 3. The van der Waals surface area contributed by atoms with E-state index in [-0.39, 0.29) is 30.4 Å². The predicted octanol–water partition coefficient (Wildman–Crippen LogP) is 2.18. The molecular formula is C19H28N2O3. The summed E-state index contributed by atoms with van der Waals surface area (Å²) < 4.78 is 4.85. The van der Waals surface area contributed by atoms with Crippen molar-refractivity contribution < 1.29 is 14.3 Å². The lowest BCUT2D eigenvalue weighted by Gasteiger charge is -2.29. The van der Waals surface area contributed by atoms with Gasteiger partial charge >= 0.3 is 0 Å². The molecule has 1 saturated heterocycles. The fourth-order valence-corrected chi connectivity index (χ4v) is 3.34. The molecule has 1 fully saturated rings. The van der Waals surface area contributed by atoms with Gasteiger partial charge in [-0.05, 0) is 24.8 Å². The first-order valence-electron chi connectivity index (χ1n) is 8.57. The summed E-state index contributed by atoms with van der Waals surface area (Å²) in [6.45, 7) is 6.65. The number of carbonyl (C=O) groups is 2. The number of likely N-dealkylation sites (tertiary alicyclic amines) is 1. The summed E-state index contributed by atoms with van der Waals surface area (Å²) in [5, 5.41) is 2.81. The summed E-state index contributed by atoms with van der Waals surface area (Å²) in [5.41, 5.74) is 1.27. The number of hydrogen-bond donors (Lipinski definition) is 1. The molecule has 132 valence electrons. The van der Waals surface area contributed by atoms with E-state index < -0.39 is 6.04 Å². The van der Waals surface area contributed by atoms with Crippen LogP contribution in [0.1, 0.15) is 38.7 Å². The standard InChI is InChI=1S/C19H28N2O3/c1-13(2)18(20-17(22)12-24-4)19(23)21-11-16(10-14(21)3)15-8-6-5-7-9-15/h5-9,13-14,16,18H,10-12H2,1-4H3,(H,20,22)/t14?,16?,18-/m0/s1. The number of amides is 2. The summed E-state index contributed by atoms with van der Waals surface area (Å²) in [6, 6.07) is 9.97. The molecule has 3 atom stereocenters. The van der Waals surface area contributed by atoms with Gasteiger partial charge in [-0.1, -0.05) is 44.2 Å². The van der Waals surface area contributed by atoms with Crippen LogP contribution in [0.2, 0.25) is 0 Å². The van der Waals surface area contributed by atoms with Crippen LogP contribution in [0, 0.1) is 5.92 Å². The molecule has 0 bridgehead atoms. The summed E-state index contributed by atoms with van der Waals surface area (Å²) in [5.74, 6) is 0.130. The van der Waals surface area contributed by atoms with Crippen molar-refractivity contribution in [3.8, 4) is 0 Å². The monoisotopic (exact) mass is 332 g/mol. The van der Waals surface area contributed by atoms with Crippen LogP contribution in [0.4, 0.5) is 0 Å². The second-order valence-corrected chi connectivity index (χ2v) is 6.91. The lowest BCUT2D eigenvalue weighted by Crippen LogP contribution is -2.52. The summed E-state index contributed by atoms with van der Waals surface area (Å²) >= 11 is 0. The number of ether oxygens (including phenoxy) is 1. The zero-order valence-electron chi connectivity index (χ0n) is 15.0. The maximum Gasteiger partial charge on any atom is 0.246 e. The largest absolute Gasteiger partial charge is 0.375 e. The molecule has 2 rings (SSSR count). The number of methoxy groups -OCH3 is 1. The molecule has 0 saturated carbocycles. The molecule has 2 amide bonds. The third-order valence-electron chi connectivity index (χ3n) is 4.65. The zero-order chi connectivity index (χ0) is 17.7. The van der Waals surface area contributed by atoms with Crippen LogP contribution < -0.4 is 5.32 Å². The Bertz CT molecular complexity index is 559. The Hall–Kier alpha value is -1.88. The highest BCUT2D eigenvalue weighted by atomic mass is 16.5. The fourth-order valence-electron chi connectivity index (χ4n) is 3.34. The van der Waals surface area contributed by atoms with E-state index >= 15 is 0 Å². The van der Waals surface area contributed by atoms with Crippen LogP contribution in [-0.4, -0.2) is 49.1 Å². The predicted molar refractivity (Wildman–Crippen MR) is 93.6 cm³/mol. The van der Waals surface area contributed by atoms with Crippen molar-refractivity contribution >= 4 is 11.8 Å². The van der Waals surface area contributed by atoms with Gasteiger partial charge in [0.05, 0.1) is 0 Å². The Labute approximate surface area is 144 Å². The van der Waals surface area contributed by atoms with Gasteiger partial charge in [0.2, 0.25) is 11.8 Å². The third-order valence-corrected chi connectivity index (χ3v) is 4.65. The molecule has 1 heterocycles. The molecule has 1 aromatic carbocycles. The number of rotatable bonds is 6. The van der Waals surface area contributed by atoms with Gasteiger partial charge in [-0.3, -0.25) is 9.59 Å². The Balaban J connectivity index is 2.08. The first kappa shape index (κ1) is 18.5. The number of benzene rings is 1. The molecule has 1 aromatic rings. The van der Waals surface area contributed by atoms with Crippen molar-refractivity contribution in [2.24, 2.45) is 5.92 Å². The molecule has 5 heteroatoms. The van der Waals surface area contributed by atoms with Crippen molar-refractivity contribution in [3.05, 3.63) is 35.9 Å². The average Bonchev–Trinajstić information content (AvgIpc) is 2.95. The quantitative estimate of drug-likeness (QED) is 0.869. The molecule has 24 heavy (non-hydrogen) atoms. The number of nitrogens with one attached hydrogen (secondary N) is 1.